The fourth-order valence-electron chi connectivity index (χ4n) is 1.06. The van der Waals surface area contributed by atoms with Crippen LogP contribution in [0.1, 0.15) is 16.3 Å². The molecule has 14 heavy (non-hydrogen) atoms. The van der Waals surface area contributed by atoms with Crippen LogP contribution in [0.25, 0.3) is 12.2 Å². The Morgan fingerprint density at radius 1 is 1.50 bits per heavy atom. The minimum atomic E-state index is 0.609. The van der Waals surface area contributed by atoms with Crippen molar-refractivity contribution in [2.45, 2.75) is 6.92 Å². The first-order chi connectivity index (χ1) is 6.77. The number of nitrogens with two attached hydrogens (primary N) is 1. The average Bonchev–Trinajstić information content (AvgIpc) is 2.77. The molecule has 0 saturated carbocycles. The molecule has 2 heterocycles. The Labute approximate surface area is 85.8 Å². The van der Waals surface area contributed by atoms with Gasteiger partial charge in [-0.05, 0) is 30.5 Å². The van der Waals surface area contributed by atoms with Crippen LogP contribution in [0.15, 0.2) is 22.0 Å². The van der Waals surface area contributed by atoms with Gasteiger partial charge in [0, 0.05) is 4.88 Å². The van der Waals surface area contributed by atoms with Crippen molar-refractivity contribution in [1.82, 2.24) is 5.16 Å². The van der Waals surface area contributed by atoms with Crippen LogP contribution in [-0.4, -0.2) is 5.16 Å². The van der Waals surface area contributed by atoms with Crippen molar-refractivity contribution in [3.05, 3.63) is 33.8 Å². The second kappa shape index (κ2) is 3.67. The maximum atomic E-state index is 5.74. The van der Waals surface area contributed by atoms with E-state index < -0.39 is 0 Å². The molecule has 2 N–H and O–H groups in total. The highest BCUT2D eigenvalue weighted by molar-refractivity contribution is 7.10. The second-order valence-corrected chi connectivity index (χ2v) is 3.87. The standard InChI is InChI=1S/C10H10N2OS/c1-7-10(11)9(12-13-7)5-4-8-3-2-6-14-8/h2-6H,11H2,1H3. The first-order valence-electron chi connectivity index (χ1n) is 4.20. The van der Waals surface area contributed by atoms with Crippen LogP contribution in [0.5, 0.6) is 0 Å². The minimum Gasteiger partial charge on any atom is -0.394 e. The molecule has 0 unspecified atom stereocenters. The highest BCUT2D eigenvalue weighted by Gasteiger charge is 2.04. The number of aromatic nitrogens is 1. The van der Waals surface area contributed by atoms with E-state index in [-0.39, 0.29) is 0 Å². The van der Waals surface area contributed by atoms with E-state index in [0.29, 0.717) is 17.1 Å². The normalized spacial score (nSPS) is 11.2. The zero-order valence-electron chi connectivity index (χ0n) is 7.73. The molecule has 2 aromatic heterocycles. The number of nitrogens with zero attached hydrogens (tertiary/aromatic N) is 1. The Bertz CT molecular complexity index is 443. The number of hydrogen-bond acceptors (Lipinski definition) is 4. The summed E-state index contributed by atoms with van der Waals surface area (Å²) in [7, 11) is 0. The van der Waals surface area contributed by atoms with Gasteiger partial charge in [-0.1, -0.05) is 11.2 Å². The van der Waals surface area contributed by atoms with E-state index in [2.05, 4.69) is 5.16 Å². The van der Waals surface area contributed by atoms with Crippen molar-refractivity contribution in [2.75, 3.05) is 5.73 Å². The fourth-order valence-corrected chi connectivity index (χ4v) is 1.68. The number of anilines is 1. The summed E-state index contributed by atoms with van der Waals surface area (Å²) >= 11 is 1.67. The van der Waals surface area contributed by atoms with Gasteiger partial charge in [0.25, 0.3) is 0 Å². The van der Waals surface area contributed by atoms with Crippen molar-refractivity contribution in [2.24, 2.45) is 0 Å². The van der Waals surface area contributed by atoms with E-state index in [1.807, 2.05) is 29.7 Å². The summed E-state index contributed by atoms with van der Waals surface area (Å²) < 4.78 is 4.94. The first kappa shape index (κ1) is 9.02. The summed E-state index contributed by atoms with van der Waals surface area (Å²) in [6.07, 6.45) is 3.83. The third-order valence-corrected chi connectivity index (χ3v) is 2.72. The van der Waals surface area contributed by atoms with Crippen molar-refractivity contribution >= 4 is 29.2 Å². The fraction of sp³-hybridized carbons (Fsp3) is 0.100. The van der Waals surface area contributed by atoms with Crippen LogP contribution in [0.3, 0.4) is 0 Å². The van der Waals surface area contributed by atoms with Gasteiger partial charge in [0.1, 0.15) is 11.4 Å². The van der Waals surface area contributed by atoms with Gasteiger partial charge < -0.3 is 10.3 Å². The average molecular weight is 206 g/mol. The first-order valence-corrected chi connectivity index (χ1v) is 5.08. The molecule has 0 saturated heterocycles. The molecule has 0 aliphatic heterocycles. The van der Waals surface area contributed by atoms with Gasteiger partial charge >= 0.3 is 0 Å². The highest BCUT2D eigenvalue weighted by atomic mass is 32.1. The largest absolute Gasteiger partial charge is 0.394 e. The van der Waals surface area contributed by atoms with Crippen molar-refractivity contribution in [3.8, 4) is 0 Å². The lowest BCUT2D eigenvalue weighted by atomic mass is 10.3. The molecule has 0 radical (unpaired) electrons. The predicted octanol–water partition coefficient (Wildman–Crippen LogP) is 2.80. The topological polar surface area (TPSA) is 52.0 Å². The number of rotatable bonds is 2. The Kier molecular flexibility index (Phi) is 2.37. The Morgan fingerprint density at radius 3 is 2.93 bits per heavy atom. The lowest BCUT2D eigenvalue weighted by Crippen LogP contribution is -1.86. The molecule has 0 fully saturated rings. The van der Waals surface area contributed by atoms with Crippen LogP contribution in [0.2, 0.25) is 0 Å². The van der Waals surface area contributed by atoms with Crippen LogP contribution >= 0.6 is 11.3 Å². The lowest BCUT2D eigenvalue weighted by Gasteiger charge is -1.86. The maximum Gasteiger partial charge on any atom is 0.157 e. The molecule has 0 aliphatic carbocycles. The van der Waals surface area contributed by atoms with Gasteiger partial charge in [0.15, 0.2) is 5.76 Å². The Morgan fingerprint density at radius 2 is 2.36 bits per heavy atom. The Hall–Kier alpha value is -1.55. The molecule has 0 bridgehead atoms. The molecular weight excluding hydrogens is 196 g/mol. The van der Waals surface area contributed by atoms with Gasteiger partial charge in [-0.15, -0.1) is 11.3 Å². The third-order valence-electron chi connectivity index (χ3n) is 1.88. The summed E-state index contributed by atoms with van der Waals surface area (Å²) in [6.45, 7) is 1.80. The monoisotopic (exact) mass is 206 g/mol. The smallest absolute Gasteiger partial charge is 0.157 e. The van der Waals surface area contributed by atoms with Crippen molar-refractivity contribution in [1.29, 1.82) is 0 Å². The lowest BCUT2D eigenvalue weighted by molar-refractivity contribution is 0.397. The SMILES string of the molecule is Cc1onc(C=Cc2cccs2)c1N. The van der Waals surface area contributed by atoms with Crippen molar-refractivity contribution < 1.29 is 4.52 Å². The van der Waals surface area contributed by atoms with E-state index in [4.69, 9.17) is 10.3 Å². The van der Waals surface area contributed by atoms with Crippen LogP contribution in [0.4, 0.5) is 5.69 Å². The molecule has 72 valence electrons. The molecule has 2 aromatic rings. The minimum absolute atomic E-state index is 0.609. The summed E-state index contributed by atoms with van der Waals surface area (Å²) in [4.78, 5) is 1.17. The summed E-state index contributed by atoms with van der Waals surface area (Å²) in [5.41, 5.74) is 7.04. The van der Waals surface area contributed by atoms with Gasteiger partial charge in [-0.25, -0.2) is 0 Å². The van der Waals surface area contributed by atoms with Crippen LogP contribution in [0, 0.1) is 6.92 Å². The van der Waals surface area contributed by atoms with Crippen LogP contribution < -0.4 is 5.73 Å². The van der Waals surface area contributed by atoms with Crippen LogP contribution in [-0.2, 0) is 0 Å². The molecule has 2 rings (SSSR count). The van der Waals surface area contributed by atoms with E-state index in [9.17, 15) is 0 Å². The van der Waals surface area contributed by atoms with E-state index in [0.717, 1.165) is 0 Å². The summed E-state index contributed by atoms with van der Waals surface area (Å²) in [5.74, 6) is 0.663. The molecule has 4 heteroatoms. The molecular formula is C10H10N2OS. The molecule has 0 amide bonds. The molecule has 0 aromatic carbocycles. The number of thiophene rings is 1. The van der Waals surface area contributed by atoms with Gasteiger partial charge in [-0.2, -0.15) is 0 Å². The molecule has 0 aliphatic rings. The number of nitrogen functional groups attached to an aromatic ring is 1. The van der Waals surface area contributed by atoms with Gasteiger partial charge in [0.05, 0.1) is 0 Å². The summed E-state index contributed by atoms with van der Waals surface area (Å²) in [6, 6.07) is 4.03. The molecule has 3 nitrogen and oxygen atoms in total. The van der Waals surface area contributed by atoms with Gasteiger partial charge in [-0.3, -0.25) is 0 Å². The van der Waals surface area contributed by atoms with E-state index in [1.165, 1.54) is 4.88 Å². The van der Waals surface area contributed by atoms with E-state index in [1.54, 1.807) is 18.3 Å². The summed E-state index contributed by atoms with van der Waals surface area (Å²) in [5, 5.41) is 5.86. The number of hydrogen-bond donors (Lipinski definition) is 1. The maximum absolute atomic E-state index is 5.74. The van der Waals surface area contributed by atoms with Crippen molar-refractivity contribution in [3.63, 3.8) is 0 Å². The van der Waals surface area contributed by atoms with E-state index >= 15 is 0 Å². The zero-order valence-corrected chi connectivity index (χ0v) is 8.54. The highest BCUT2D eigenvalue weighted by Crippen LogP contribution is 2.19. The molecule has 0 atom stereocenters. The molecule has 0 spiro atoms. The Balaban J connectivity index is 2.23. The zero-order chi connectivity index (χ0) is 9.97. The third kappa shape index (κ3) is 1.70. The quantitative estimate of drug-likeness (QED) is 0.822. The number of aryl methyl sites for hydroxylation is 1. The van der Waals surface area contributed by atoms with Gasteiger partial charge in [0.2, 0.25) is 0 Å². The second-order valence-electron chi connectivity index (χ2n) is 2.89. The predicted molar refractivity (Wildman–Crippen MR) is 58.9 cm³/mol.